The van der Waals surface area contributed by atoms with E-state index >= 15 is 0 Å². The number of halogens is 1. The smallest absolute Gasteiger partial charge is 0.138 e. The monoisotopic (exact) mass is 320 g/mol. The number of benzene rings is 1. The van der Waals surface area contributed by atoms with Crippen molar-refractivity contribution in [1.82, 2.24) is 9.97 Å². The lowest BCUT2D eigenvalue weighted by Gasteiger charge is -2.13. The normalized spacial score (nSPS) is 10.3. The van der Waals surface area contributed by atoms with Crippen molar-refractivity contribution in [2.75, 3.05) is 17.2 Å². The van der Waals surface area contributed by atoms with Gasteiger partial charge in [-0.2, -0.15) is 0 Å². The fraction of sp³-hybridized carbons (Fsp3) is 0.286. The van der Waals surface area contributed by atoms with Crippen LogP contribution in [0.5, 0.6) is 0 Å². The van der Waals surface area contributed by atoms with Gasteiger partial charge in [-0.1, -0.05) is 15.9 Å². The van der Waals surface area contributed by atoms with Crippen LogP contribution in [-0.4, -0.2) is 16.5 Å². The zero-order valence-electron chi connectivity index (χ0n) is 11.3. The van der Waals surface area contributed by atoms with E-state index in [2.05, 4.69) is 49.5 Å². The van der Waals surface area contributed by atoms with Gasteiger partial charge in [0, 0.05) is 22.3 Å². The van der Waals surface area contributed by atoms with Crippen LogP contribution in [0, 0.1) is 13.8 Å². The maximum Gasteiger partial charge on any atom is 0.138 e. The van der Waals surface area contributed by atoms with Crippen LogP contribution in [0.4, 0.5) is 17.3 Å². The molecule has 0 atom stereocenters. The van der Waals surface area contributed by atoms with E-state index in [1.807, 2.05) is 26.0 Å². The second-order valence-corrected chi connectivity index (χ2v) is 5.23. The van der Waals surface area contributed by atoms with E-state index in [1.54, 1.807) is 6.33 Å². The van der Waals surface area contributed by atoms with Gasteiger partial charge in [0.1, 0.15) is 18.0 Å². The van der Waals surface area contributed by atoms with Crippen molar-refractivity contribution in [3.05, 3.63) is 40.1 Å². The molecular formula is C14H17BrN4. The molecule has 0 unspecified atom stereocenters. The molecule has 0 radical (unpaired) electrons. The van der Waals surface area contributed by atoms with Gasteiger partial charge in [-0.25, -0.2) is 9.97 Å². The Morgan fingerprint density at radius 3 is 2.58 bits per heavy atom. The Kier molecular flexibility index (Phi) is 4.37. The molecule has 2 aromatic rings. The molecule has 5 heteroatoms. The number of aromatic nitrogens is 2. The molecule has 0 amide bonds. The van der Waals surface area contributed by atoms with Crippen LogP contribution in [0.1, 0.15) is 18.1 Å². The maximum absolute atomic E-state index is 4.31. The molecule has 2 N–H and O–H groups in total. The number of hydrogen-bond donors (Lipinski definition) is 2. The largest absolute Gasteiger partial charge is 0.370 e. The second kappa shape index (κ2) is 6.02. The van der Waals surface area contributed by atoms with Crippen molar-refractivity contribution in [3.63, 3.8) is 0 Å². The Bertz CT molecular complexity index is 584. The minimum absolute atomic E-state index is 0.830. The summed E-state index contributed by atoms with van der Waals surface area (Å²) in [5, 5.41) is 6.58. The average Bonchev–Trinajstić information content (AvgIpc) is 2.37. The Morgan fingerprint density at radius 1 is 1.16 bits per heavy atom. The van der Waals surface area contributed by atoms with Gasteiger partial charge in [-0.05, 0) is 44.5 Å². The van der Waals surface area contributed by atoms with E-state index < -0.39 is 0 Å². The standard InChI is InChI=1S/C14H17BrN4/c1-4-16-13-10(3)14(18-8-17-13)19-12-6-5-11(15)7-9(12)2/h5-8H,4H2,1-3H3,(H2,16,17,18,19). The Hall–Kier alpha value is -1.62. The second-order valence-electron chi connectivity index (χ2n) is 4.31. The number of anilines is 3. The van der Waals surface area contributed by atoms with E-state index in [0.29, 0.717) is 0 Å². The number of aryl methyl sites for hydroxylation is 1. The Labute approximate surface area is 121 Å². The van der Waals surface area contributed by atoms with Crippen LogP contribution in [0.15, 0.2) is 29.0 Å². The number of nitrogens with zero attached hydrogens (tertiary/aromatic N) is 2. The predicted octanol–water partition coefficient (Wildman–Crippen LogP) is 4.03. The van der Waals surface area contributed by atoms with E-state index in [0.717, 1.165) is 39.5 Å². The van der Waals surface area contributed by atoms with Crippen LogP contribution in [0.2, 0.25) is 0 Å². The minimum atomic E-state index is 0.830. The van der Waals surface area contributed by atoms with Gasteiger partial charge in [0.05, 0.1) is 0 Å². The van der Waals surface area contributed by atoms with Gasteiger partial charge in [-0.15, -0.1) is 0 Å². The van der Waals surface area contributed by atoms with Crippen molar-refractivity contribution < 1.29 is 0 Å². The molecule has 4 nitrogen and oxygen atoms in total. The molecule has 0 saturated carbocycles. The summed E-state index contributed by atoms with van der Waals surface area (Å²) in [6, 6.07) is 6.12. The van der Waals surface area contributed by atoms with Crippen LogP contribution in [-0.2, 0) is 0 Å². The average molecular weight is 321 g/mol. The molecule has 1 aromatic carbocycles. The molecule has 1 heterocycles. The summed E-state index contributed by atoms with van der Waals surface area (Å²) < 4.78 is 1.07. The van der Waals surface area contributed by atoms with Crippen molar-refractivity contribution in [3.8, 4) is 0 Å². The predicted molar refractivity (Wildman–Crippen MR) is 83.1 cm³/mol. The summed E-state index contributed by atoms with van der Waals surface area (Å²) >= 11 is 3.46. The summed E-state index contributed by atoms with van der Waals surface area (Å²) in [7, 11) is 0. The SMILES string of the molecule is CCNc1ncnc(Nc2ccc(Br)cc2C)c1C. The molecule has 0 saturated heterocycles. The summed E-state index contributed by atoms with van der Waals surface area (Å²) in [5.74, 6) is 1.70. The van der Waals surface area contributed by atoms with Crippen molar-refractivity contribution in [2.45, 2.75) is 20.8 Å². The first-order valence-electron chi connectivity index (χ1n) is 6.20. The van der Waals surface area contributed by atoms with Crippen LogP contribution in [0.25, 0.3) is 0 Å². The molecule has 2 rings (SSSR count). The number of nitrogens with one attached hydrogen (secondary N) is 2. The van der Waals surface area contributed by atoms with E-state index in [4.69, 9.17) is 0 Å². The quantitative estimate of drug-likeness (QED) is 0.892. The van der Waals surface area contributed by atoms with E-state index in [-0.39, 0.29) is 0 Å². The van der Waals surface area contributed by atoms with Gasteiger partial charge in [0.25, 0.3) is 0 Å². The lowest BCUT2D eigenvalue weighted by molar-refractivity contribution is 1.08. The zero-order valence-corrected chi connectivity index (χ0v) is 12.9. The van der Waals surface area contributed by atoms with E-state index in [9.17, 15) is 0 Å². The lowest BCUT2D eigenvalue weighted by atomic mass is 10.2. The zero-order chi connectivity index (χ0) is 13.8. The Balaban J connectivity index is 2.30. The molecule has 0 aliphatic heterocycles. The molecule has 0 aliphatic rings. The first-order chi connectivity index (χ1) is 9.11. The maximum atomic E-state index is 4.31. The van der Waals surface area contributed by atoms with Gasteiger partial charge in [-0.3, -0.25) is 0 Å². The molecule has 19 heavy (non-hydrogen) atoms. The summed E-state index contributed by atoms with van der Waals surface area (Å²) in [4.78, 5) is 8.54. The van der Waals surface area contributed by atoms with Crippen molar-refractivity contribution >= 4 is 33.3 Å². The van der Waals surface area contributed by atoms with Crippen LogP contribution >= 0.6 is 15.9 Å². The minimum Gasteiger partial charge on any atom is -0.370 e. The fourth-order valence-electron chi connectivity index (χ4n) is 1.82. The fourth-order valence-corrected chi connectivity index (χ4v) is 2.29. The molecule has 0 spiro atoms. The van der Waals surface area contributed by atoms with Gasteiger partial charge >= 0.3 is 0 Å². The Morgan fingerprint density at radius 2 is 1.89 bits per heavy atom. The third-order valence-corrected chi connectivity index (χ3v) is 3.36. The lowest BCUT2D eigenvalue weighted by Crippen LogP contribution is -2.05. The van der Waals surface area contributed by atoms with Crippen molar-refractivity contribution in [2.24, 2.45) is 0 Å². The first kappa shape index (κ1) is 13.8. The molecular weight excluding hydrogens is 304 g/mol. The molecule has 0 fully saturated rings. The summed E-state index contributed by atoms with van der Waals surface area (Å²) in [5.41, 5.74) is 3.23. The molecule has 1 aromatic heterocycles. The van der Waals surface area contributed by atoms with Crippen molar-refractivity contribution in [1.29, 1.82) is 0 Å². The van der Waals surface area contributed by atoms with Crippen LogP contribution < -0.4 is 10.6 Å². The highest BCUT2D eigenvalue weighted by molar-refractivity contribution is 9.10. The third kappa shape index (κ3) is 3.23. The number of hydrogen-bond acceptors (Lipinski definition) is 4. The van der Waals surface area contributed by atoms with Crippen LogP contribution in [0.3, 0.4) is 0 Å². The number of rotatable bonds is 4. The highest BCUT2D eigenvalue weighted by Gasteiger charge is 2.07. The highest BCUT2D eigenvalue weighted by Crippen LogP contribution is 2.26. The summed E-state index contributed by atoms with van der Waals surface area (Å²) in [6.07, 6.45) is 1.57. The molecule has 0 bridgehead atoms. The molecule has 0 aliphatic carbocycles. The van der Waals surface area contributed by atoms with Gasteiger partial charge in [0.15, 0.2) is 0 Å². The highest BCUT2D eigenvalue weighted by atomic mass is 79.9. The van der Waals surface area contributed by atoms with Gasteiger partial charge in [0.2, 0.25) is 0 Å². The van der Waals surface area contributed by atoms with Gasteiger partial charge < -0.3 is 10.6 Å². The summed E-state index contributed by atoms with van der Waals surface area (Å²) in [6.45, 7) is 6.96. The van der Waals surface area contributed by atoms with E-state index in [1.165, 1.54) is 0 Å². The first-order valence-corrected chi connectivity index (χ1v) is 6.99. The molecule has 100 valence electrons. The third-order valence-electron chi connectivity index (χ3n) is 2.87. The topological polar surface area (TPSA) is 49.8 Å².